The minimum absolute atomic E-state index is 0.0801. The van der Waals surface area contributed by atoms with Gasteiger partial charge in [0.25, 0.3) is 0 Å². The molecule has 1 saturated heterocycles. The third-order valence-electron chi connectivity index (χ3n) is 3.33. The summed E-state index contributed by atoms with van der Waals surface area (Å²) >= 11 is 0. The van der Waals surface area contributed by atoms with E-state index in [9.17, 15) is 17.6 Å². The number of carbonyl (C=O) groups is 1. The van der Waals surface area contributed by atoms with Gasteiger partial charge in [0.15, 0.2) is 0 Å². The molecule has 0 aromatic heterocycles. The minimum Gasteiger partial charge on any atom is -0.335 e. The Labute approximate surface area is 117 Å². The van der Waals surface area contributed by atoms with Crippen molar-refractivity contribution in [1.29, 1.82) is 0 Å². The Morgan fingerprint density at radius 3 is 2.60 bits per heavy atom. The zero-order chi connectivity index (χ0) is 14.8. The van der Waals surface area contributed by atoms with Gasteiger partial charge in [0.05, 0.1) is 17.2 Å². The Kier molecular flexibility index (Phi) is 4.27. The van der Waals surface area contributed by atoms with E-state index < -0.39 is 21.7 Å². The SMILES string of the molecule is Cc1cccc(NC(=O)NC2CCS(=O)(=O)CC2)c1F. The van der Waals surface area contributed by atoms with Crippen LogP contribution in [0.5, 0.6) is 0 Å². The van der Waals surface area contributed by atoms with Gasteiger partial charge in [0.1, 0.15) is 15.7 Å². The van der Waals surface area contributed by atoms with E-state index in [-0.39, 0.29) is 23.2 Å². The molecule has 7 heteroatoms. The summed E-state index contributed by atoms with van der Waals surface area (Å²) in [6.45, 7) is 1.62. The number of halogens is 1. The molecule has 0 saturated carbocycles. The quantitative estimate of drug-likeness (QED) is 0.875. The Hall–Kier alpha value is -1.63. The normalized spacial score (nSPS) is 18.5. The monoisotopic (exact) mass is 300 g/mol. The van der Waals surface area contributed by atoms with E-state index in [1.165, 1.54) is 6.07 Å². The number of hydrogen-bond donors (Lipinski definition) is 2. The van der Waals surface area contributed by atoms with Crippen LogP contribution in [0.15, 0.2) is 18.2 Å². The molecular weight excluding hydrogens is 283 g/mol. The average Bonchev–Trinajstić information content (AvgIpc) is 2.38. The highest BCUT2D eigenvalue weighted by Gasteiger charge is 2.24. The molecule has 20 heavy (non-hydrogen) atoms. The molecule has 1 heterocycles. The van der Waals surface area contributed by atoms with Gasteiger partial charge in [-0.1, -0.05) is 12.1 Å². The molecule has 1 fully saturated rings. The third kappa shape index (κ3) is 3.69. The van der Waals surface area contributed by atoms with Crippen molar-refractivity contribution in [1.82, 2.24) is 5.32 Å². The van der Waals surface area contributed by atoms with Crippen LogP contribution in [0, 0.1) is 12.7 Å². The lowest BCUT2D eigenvalue weighted by molar-refractivity contribution is 0.247. The van der Waals surface area contributed by atoms with Crippen LogP contribution in [-0.4, -0.2) is 32.0 Å². The number of benzene rings is 1. The van der Waals surface area contributed by atoms with Crippen molar-refractivity contribution in [3.8, 4) is 0 Å². The zero-order valence-electron chi connectivity index (χ0n) is 11.1. The molecule has 2 rings (SSSR count). The summed E-state index contributed by atoms with van der Waals surface area (Å²) in [5.74, 6) is -0.304. The summed E-state index contributed by atoms with van der Waals surface area (Å²) in [7, 11) is -2.95. The van der Waals surface area contributed by atoms with Crippen molar-refractivity contribution in [3.63, 3.8) is 0 Å². The van der Waals surface area contributed by atoms with Gasteiger partial charge in [0.2, 0.25) is 0 Å². The second-order valence-electron chi connectivity index (χ2n) is 4.96. The molecule has 1 aliphatic rings. The predicted molar refractivity (Wildman–Crippen MR) is 75.0 cm³/mol. The molecule has 1 aromatic rings. The maximum atomic E-state index is 13.7. The van der Waals surface area contributed by atoms with Gasteiger partial charge in [-0.25, -0.2) is 17.6 Å². The predicted octanol–water partition coefficient (Wildman–Crippen LogP) is 1.83. The molecule has 0 atom stereocenters. The Balaban J connectivity index is 1.92. The molecular formula is C13H17FN2O3S. The van der Waals surface area contributed by atoms with Gasteiger partial charge in [-0.15, -0.1) is 0 Å². The standard InChI is InChI=1S/C13H17FN2O3S/c1-9-3-2-4-11(12(9)14)16-13(17)15-10-5-7-20(18,19)8-6-10/h2-4,10H,5-8H2,1H3,(H2,15,16,17). The fourth-order valence-corrected chi connectivity index (χ4v) is 3.61. The first-order valence-corrected chi connectivity index (χ1v) is 8.22. The fourth-order valence-electron chi connectivity index (χ4n) is 2.12. The van der Waals surface area contributed by atoms with Gasteiger partial charge in [-0.3, -0.25) is 0 Å². The highest BCUT2D eigenvalue weighted by molar-refractivity contribution is 7.91. The maximum Gasteiger partial charge on any atom is 0.319 e. The lowest BCUT2D eigenvalue weighted by atomic mass is 10.1. The van der Waals surface area contributed by atoms with Crippen molar-refractivity contribution < 1.29 is 17.6 Å². The van der Waals surface area contributed by atoms with E-state index in [0.717, 1.165) is 0 Å². The van der Waals surface area contributed by atoms with Crippen LogP contribution >= 0.6 is 0 Å². The first-order chi connectivity index (χ1) is 9.37. The average molecular weight is 300 g/mol. The molecule has 110 valence electrons. The summed E-state index contributed by atoms with van der Waals surface area (Å²) in [6, 6.07) is 4.05. The smallest absolute Gasteiger partial charge is 0.319 e. The first-order valence-electron chi connectivity index (χ1n) is 6.40. The summed E-state index contributed by atoms with van der Waals surface area (Å²) in [6.07, 6.45) is 0.790. The molecule has 1 aliphatic heterocycles. The lowest BCUT2D eigenvalue weighted by Gasteiger charge is -2.23. The molecule has 2 amide bonds. The maximum absolute atomic E-state index is 13.7. The summed E-state index contributed by atoms with van der Waals surface area (Å²) in [4.78, 5) is 11.8. The largest absolute Gasteiger partial charge is 0.335 e. The van der Waals surface area contributed by atoms with Crippen molar-refractivity contribution >= 4 is 21.6 Å². The second kappa shape index (κ2) is 5.78. The van der Waals surface area contributed by atoms with Crippen LogP contribution in [0.25, 0.3) is 0 Å². The van der Waals surface area contributed by atoms with Crippen LogP contribution in [0.4, 0.5) is 14.9 Å². The van der Waals surface area contributed by atoms with E-state index in [0.29, 0.717) is 18.4 Å². The summed E-state index contributed by atoms with van der Waals surface area (Å²) in [5.41, 5.74) is 0.567. The molecule has 1 aromatic carbocycles. The number of nitrogens with one attached hydrogen (secondary N) is 2. The van der Waals surface area contributed by atoms with E-state index in [1.807, 2.05) is 0 Å². The molecule has 5 nitrogen and oxygen atoms in total. The van der Waals surface area contributed by atoms with Crippen LogP contribution < -0.4 is 10.6 Å². The lowest BCUT2D eigenvalue weighted by Crippen LogP contribution is -2.42. The molecule has 2 N–H and O–H groups in total. The second-order valence-corrected chi connectivity index (χ2v) is 7.26. The third-order valence-corrected chi connectivity index (χ3v) is 5.05. The van der Waals surface area contributed by atoms with Gasteiger partial charge in [-0.05, 0) is 31.4 Å². The van der Waals surface area contributed by atoms with Crippen molar-refractivity contribution in [3.05, 3.63) is 29.6 Å². The molecule has 0 aliphatic carbocycles. The number of rotatable bonds is 2. The summed E-state index contributed by atoms with van der Waals surface area (Å²) < 4.78 is 36.3. The number of hydrogen-bond acceptors (Lipinski definition) is 3. The Bertz CT molecular complexity index is 602. The Morgan fingerprint density at radius 1 is 1.30 bits per heavy atom. The topological polar surface area (TPSA) is 75.3 Å². The number of anilines is 1. The molecule has 0 unspecified atom stereocenters. The number of carbonyl (C=O) groups excluding carboxylic acids is 1. The van der Waals surface area contributed by atoms with Crippen LogP contribution in [-0.2, 0) is 9.84 Å². The highest BCUT2D eigenvalue weighted by Crippen LogP contribution is 2.17. The van der Waals surface area contributed by atoms with Gasteiger partial charge in [-0.2, -0.15) is 0 Å². The summed E-state index contributed by atoms with van der Waals surface area (Å²) in [5, 5.41) is 5.12. The number of amides is 2. The van der Waals surface area contributed by atoms with Gasteiger partial charge >= 0.3 is 6.03 Å². The van der Waals surface area contributed by atoms with Gasteiger partial charge in [0, 0.05) is 6.04 Å². The molecule has 0 bridgehead atoms. The number of urea groups is 1. The van der Waals surface area contributed by atoms with E-state index in [4.69, 9.17) is 0 Å². The highest BCUT2D eigenvalue weighted by atomic mass is 32.2. The number of aryl methyl sites for hydroxylation is 1. The minimum atomic E-state index is -2.95. The fraction of sp³-hybridized carbons (Fsp3) is 0.462. The van der Waals surface area contributed by atoms with Crippen molar-refractivity contribution in [2.75, 3.05) is 16.8 Å². The first kappa shape index (κ1) is 14.8. The van der Waals surface area contributed by atoms with E-state index >= 15 is 0 Å². The van der Waals surface area contributed by atoms with Gasteiger partial charge < -0.3 is 10.6 Å². The van der Waals surface area contributed by atoms with Crippen LogP contribution in [0.2, 0.25) is 0 Å². The van der Waals surface area contributed by atoms with Crippen molar-refractivity contribution in [2.24, 2.45) is 0 Å². The van der Waals surface area contributed by atoms with E-state index in [1.54, 1.807) is 19.1 Å². The molecule has 0 radical (unpaired) electrons. The molecule has 0 spiro atoms. The van der Waals surface area contributed by atoms with Crippen LogP contribution in [0.1, 0.15) is 18.4 Å². The Morgan fingerprint density at radius 2 is 1.95 bits per heavy atom. The zero-order valence-corrected chi connectivity index (χ0v) is 12.0. The van der Waals surface area contributed by atoms with Crippen LogP contribution in [0.3, 0.4) is 0 Å². The number of sulfone groups is 1. The van der Waals surface area contributed by atoms with E-state index in [2.05, 4.69) is 10.6 Å². The van der Waals surface area contributed by atoms with Crippen molar-refractivity contribution in [2.45, 2.75) is 25.8 Å².